The smallest absolute Gasteiger partial charge is 0.334 e. The third-order valence-corrected chi connectivity index (χ3v) is 1.22. The zero-order valence-electron chi connectivity index (χ0n) is 7.16. The third-order valence-electron chi connectivity index (χ3n) is 1.22. The van der Waals surface area contributed by atoms with E-state index in [0.29, 0.717) is 6.42 Å². The van der Waals surface area contributed by atoms with Crippen LogP contribution in [-0.4, -0.2) is 23.7 Å². The number of carboxylic acid groups (broad SMARTS) is 1. The van der Waals surface area contributed by atoms with Gasteiger partial charge >= 0.3 is 11.9 Å². The molecule has 0 aromatic rings. The fourth-order valence-electron chi connectivity index (χ4n) is 0.678. The molecule has 4 nitrogen and oxygen atoms in total. The van der Waals surface area contributed by atoms with Gasteiger partial charge in [0.05, 0.1) is 6.61 Å². The summed E-state index contributed by atoms with van der Waals surface area (Å²) in [7, 11) is 0. The molecule has 0 amide bonds. The average Bonchev–Trinajstić information content (AvgIpc) is 2.00. The molecule has 0 aliphatic rings. The molecular weight excluding hydrogens is 160 g/mol. The summed E-state index contributed by atoms with van der Waals surface area (Å²) < 4.78 is 4.63. The predicted molar refractivity (Wildman–Crippen MR) is 42.6 cm³/mol. The first-order valence-corrected chi connectivity index (χ1v) is 3.72. The lowest BCUT2D eigenvalue weighted by molar-refractivity contribution is -0.139. The Morgan fingerprint density at radius 3 is 2.33 bits per heavy atom. The second-order valence-corrected chi connectivity index (χ2v) is 2.08. The number of aliphatic carboxylic acids is 1. The van der Waals surface area contributed by atoms with Crippen LogP contribution in [0, 0.1) is 0 Å². The summed E-state index contributed by atoms with van der Waals surface area (Å²) in [5, 5.41) is 8.35. The van der Waals surface area contributed by atoms with Crippen LogP contribution in [0.25, 0.3) is 0 Å². The van der Waals surface area contributed by atoms with Crippen LogP contribution in [0.5, 0.6) is 0 Å². The summed E-state index contributed by atoms with van der Waals surface area (Å²) in [5.74, 6) is -1.68. The number of rotatable bonds is 4. The van der Waals surface area contributed by atoms with Crippen molar-refractivity contribution >= 4 is 11.9 Å². The summed E-state index contributed by atoms with van der Waals surface area (Å²) in [4.78, 5) is 21.1. The minimum atomic E-state index is -1.13. The molecule has 0 aliphatic heterocycles. The van der Waals surface area contributed by atoms with Crippen LogP contribution in [0.15, 0.2) is 11.6 Å². The van der Waals surface area contributed by atoms with Gasteiger partial charge in [-0.05, 0) is 13.3 Å². The van der Waals surface area contributed by atoms with Crippen molar-refractivity contribution in [3.05, 3.63) is 11.6 Å². The van der Waals surface area contributed by atoms with E-state index < -0.39 is 11.9 Å². The Morgan fingerprint density at radius 2 is 2.00 bits per heavy atom. The SMILES string of the molecule is CCOC(=O)/C(=C/C(=O)O)CC. The highest BCUT2D eigenvalue weighted by Gasteiger charge is 2.09. The van der Waals surface area contributed by atoms with Crippen LogP contribution < -0.4 is 0 Å². The van der Waals surface area contributed by atoms with Crippen LogP contribution in [0.4, 0.5) is 0 Å². The molecular formula is C8H12O4. The van der Waals surface area contributed by atoms with E-state index in [2.05, 4.69) is 4.74 Å². The Bertz CT molecular complexity index is 205. The van der Waals surface area contributed by atoms with Gasteiger partial charge in [-0.15, -0.1) is 0 Å². The highest BCUT2D eigenvalue weighted by atomic mass is 16.5. The Balaban J connectivity index is 4.34. The summed E-state index contributed by atoms with van der Waals surface area (Å²) in [6.07, 6.45) is 1.24. The second-order valence-electron chi connectivity index (χ2n) is 2.08. The highest BCUT2D eigenvalue weighted by Crippen LogP contribution is 2.02. The lowest BCUT2D eigenvalue weighted by Gasteiger charge is -2.01. The van der Waals surface area contributed by atoms with Crippen molar-refractivity contribution in [2.45, 2.75) is 20.3 Å². The van der Waals surface area contributed by atoms with Gasteiger partial charge in [0.15, 0.2) is 0 Å². The number of ether oxygens (including phenoxy) is 1. The van der Waals surface area contributed by atoms with Crippen molar-refractivity contribution in [1.82, 2.24) is 0 Å². The first-order chi connectivity index (χ1) is 5.61. The zero-order valence-corrected chi connectivity index (χ0v) is 7.16. The average molecular weight is 172 g/mol. The van der Waals surface area contributed by atoms with Gasteiger partial charge in [0, 0.05) is 11.6 Å². The van der Waals surface area contributed by atoms with Crippen LogP contribution >= 0.6 is 0 Å². The first-order valence-electron chi connectivity index (χ1n) is 3.72. The Labute approximate surface area is 70.8 Å². The number of hydrogen-bond acceptors (Lipinski definition) is 3. The van der Waals surface area contributed by atoms with Crippen LogP contribution in [0.3, 0.4) is 0 Å². The Hall–Kier alpha value is -1.32. The molecule has 0 bridgehead atoms. The van der Waals surface area contributed by atoms with Gasteiger partial charge in [-0.2, -0.15) is 0 Å². The number of carbonyl (C=O) groups excluding carboxylic acids is 1. The summed E-state index contributed by atoms with van der Waals surface area (Å²) in [6.45, 7) is 3.63. The topological polar surface area (TPSA) is 63.6 Å². The standard InChI is InChI=1S/C8H12O4/c1-3-6(5-7(9)10)8(11)12-4-2/h5H,3-4H2,1-2H3,(H,9,10)/b6-5+. The van der Waals surface area contributed by atoms with E-state index in [1.165, 1.54) is 0 Å². The quantitative estimate of drug-likeness (QED) is 0.507. The highest BCUT2D eigenvalue weighted by molar-refractivity contribution is 5.95. The fourth-order valence-corrected chi connectivity index (χ4v) is 0.678. The molecule has 0 aliphatic carbocycles. The molecule has 68 valence electrons. The zero-order chi connectivity index (χ0) is 9.56. The van der Waals surface area contributed by atoms with E-state index in [-0.39, 0.29) is 12.2 Å². The molecule has 0 fully saturated rings. The van der Waals surface area contributed by atoms with Crippen molar-refractivity contribution in [2.24, 2.45) is 0 Å². The largest absolute Gasteiger partial charge is 0.478 e. The predicted octanol–water partition coefficient (Wildman–Crippen LogP) is 0.970. The molecule has 12 heavy (non-hydrogen) atoms. The van der Waals surface area contributed by atoms with E-state index >= 15 is 0 Å². The lowest BCUT2D eigenvalue weighted by atomic mass is 10.2. The van der Waals surface area contributed by atoms with E-state index in [9.17, 15) is 9.59 Å². The maximum atomic E-state index is 11.0. The molecule has 0 aromatic carbocycles. The van der Waals surface area contributed by atoms with Crippen LogP contribution in [0.2, 0.25) is 0 Å². The van der Waals surface area contributed by atoms with Crippen molar-refractivity contribution in [2.75, 3.05) is 6.61 Å². The third kappa shape index (κ3) is 3.75. The van der Waals surface area contributed by atoms with E-state index in [0.717, 1.165) is 6.08 Å². The monoisotopic (exact) mass is 172 g/mol. The molecule has 0 aromatic heterocycles. The number of carbonyl (C=O) groups is 2. The molecule has 0 rings (SSSR count). The molecule has 0 saturated heterocycles. The maximum Gasteiger partial charge on any atom is 0.334 e. The van der Waals surface area contributed by atoms with Gasteiger partial charge in [0.1, 0.15) is 0 Å². The summed E-state index contributed by atoms with van der Waals surface area (Å²) in [6, 6.07) is 0. The molecule has 0 saturated carbocycles. The van der Waals surface area contributed by atoms with Gasteiger partial charge in [-0.1, -0.05) is 6.92 Å². The van der Waals surface area contributed by atoms with E-state index in [4.69, 9.17) is 5.11 Å². The van der Waals surface area contributed by atoms with Crippen LogP contribution in [-0.2, 0) is 14.3 Å². The van der Waals surface area contributed by atoms with Crippen molar-refractivity contribution in [3.63, 3.8) is 0 Å². The van der Waals surface area contributed by atoms with Gasteiger partial charge < -0.3 is 9.84 Å². The van der Waals surface area contributed by atoms with Crippen LogP contribution in [0.1, 0.15) is 20.3 Å². The fraction of sp³-hybridized carbons (Fsp3) is 0.500. The molecule has 0 unspecified atom stereocenters. The molecule has 4 heteroatoms. The van der Waals surface area contributed by atoms with Crippen molar-refractivity contribution in [3.8, 4) is 0 Å². The number of esters is 1. The molecule has 0 spiro atoms. The van der Waals surface area contributed by atoms with Crippen molar-refractivity contribution < 1.29 is 19.4 Å². The van der Waals surface area contributed by atoms with Gasteiger partial charge in [-0.25, -0.2) is 9.59 Å². The summed E-state index contributed by atoms with van der Waals surface area (Å²) >= 11 is 0. The van der Waals surface area contributed by atoms with Gasteiger partial charge in [0.2, 0.25) is 0 Å². The van der Waals surface area contributed by atoms with E-state index in [1.807, 2.05) is 0 Å². The molecule has 1 N–H and O–H groups in total. The number of carboxylic acids is 1. The summed E-state index contributed by atoms with van der Waals surface area (Å²) in [5.41, 5.74) is 0.185. The Morgan fingerprint density at radius 1 is 1.42 bits per heavy atom. The first kappa shape index (κ1) is 10.7. The van der Waals surface area contributed by atoms with Gasteiger partial charge in [-0.3, -0.25) is 0 Å². The number of hydrogen-bond donors (Lipinski definition) is 1. The molecule has 0 radical (unpaired) electrons. The normalized spacial score (nSPS) is 11.0. The Kier molecular flexibility index (Phi) is 4.76. The molecule has 0 heterocycles. The second kappa shape index (κ2) is 5.35. The van der Waals surface area contributed by atoms with E-state index in [1.54, 1.807) is 13.8 Å². The maximum absolute atomic E-state index is 11.0. The molecule has 0 atom stereocenters. The van der Waals surface area contributed by atoms with Crippen molar-refractivity contribution in [1.29, 1.82) is 0 Å². The minimum Gasteiger partial charge on any atom is -0.478 e. The minimum absolute atomic E-state index is 0.185. The van der Waals surface area contributed by atoms with Gasteiger partial charge in [0.25, 0.3) is 0 Å². The lowest BCUT2D eigenvalue weighted by Crippen LogP contribution is -2.08.